The summed E-state index contributed by atoms with van der Waals surface area (Å²) in [4.78, 5) is 0. The summed E-state index contributed by atoms with van der Waals surface area (Å²) in [5.74, 6) is 3.72. The topological polar surface area (TPSA) is 26.0 Å². The SMILES string of the molecule is C#CC(N)C1CC1c1ccccc1. The Balaban J connectivity index is 2.05. The van der Waals surface area contributed by atoms with Crippen LogP contribution in [0.5, 0.6) is 0 Å². The second-order valence-electron chi connectivity index (χ2n) is 3.61. The first-order valence-electron chi connectivity index (χ1n) is 4.59. The number of nitrogens with two attached hydrogens (primary N) is 1. The van der Waals surface area contributed by atoms with Gasteiger partial charge in [-0.3, -0.25) is 0 Å². The lowest BCUT2D eigenvalue weighted by Gasteiger charge is -2.02. The van der Waals surface area contributed by atoms with Crippen LogP contribution in [0.4, 0.5) is 0 Å². The van der Waals surface area contributed by atoms with E-state index in [9.17, 15) is 0 Å². The van der Waals surface area contributed by atoms with Crippen molar-refractivity contribution in [1.82, 2.24) is 0 Å². The van der Waals surface area contributed by atoms with Gasteiger partial charge in [-0.25, -0.2) is 0 Å². The van der Waals surface area contributed by atoms with Crippen molar-refractivity contribution in [3.05, 3.63) is 35.9 Å². The summed E-state index contributed by atoms with van der Waals surface area (Å²) >= 11 is 0. The van der Waals surface area contributed by atoms with E-state index in [2.05, 4.69) is 30.2 Å². The molecule has 1 aromatic rings. The molecule has 13 heavy (non-hydrogen) atoms. The van der Waals surface area contributed by atoms with Crippen LogP contribution in [-0.4, -0.2) is 6.04 Å². The van der Waals surface area contributed by atoms with Crippen molar-refractivity contribution >= 4 is 0 Å². The first-order valence-corrected chi connectivity index (χ1v) is 4.59. The molecule has 1 heteroatoms. The van der Waals surface area contributed by atoms with Crippen LogP contribution in [0.3, 0.4) is 0 Å². The molecule has 0 aliphatic heterocycles. The van der Waals surface area contributed by atoms with Crippen LogP contribution in [0.2, 0.25) is 0 Å². The smallest absolute Gasteiger partial charge is 0.0696 e. The predicted octanol–water partition coefficient (Wildman–Crippen LogP) is 1.75. The van der Waals surface area contributed by atoms with Gasteiger partial charge in [0.15, 0.2) is 0 Å². The average Bonchev–Trinajstić information content (AvgIpc) is 2.98. The van der Waals surface area contributed by atoms with Crippen molar-refractivity contribution in [2.24, 2.45) is 11.7 Å². The van der Waals surface area contributed by atoms with E-state index < -0.39 is 0 Å². The summed E-state index contributed by atoms with van der Waals surface area (Å²) in [6.07, 6.45) is 6.43. The van der Waals surface area contributed by atoms with Gasteiger partial charge in [-0.15, -0.1) is 6.42 Å². The summed E-state index contributed by atoms with van der Waals surface area (Å²) < 4.78 is 0. The van der Waals surface area contributed by atoms with Crippen LogP contribution in [0.15, 0.2) is 30.3 Å². The zero-order valence-corrected chi connectivity index (χ0v) is 7.48. The molecule has 3 unspecified atom stereocenters. The summed E-state index contributed by atoms with van der Waals surface area (Å²) in [6, 6.07) is 10.4. The quantitative estimate of drug-likeness (QED) is 0.674. The molecule has 0 amide bonds. The van der Waals surface area contributed by atoms with E-state index in [4.69, 9.17) is 12.2 Å². The van der Waals surface area contributed by atoms with Gasteiger partial charge in [0.05, 0.1) is 6.04 Å². The lowest BCUT2D eigenvalue weighted by atomic mass is 10.1. The molecule has 2 rings (SSSR count). The normalized spacial score (nSPS) is 27.7. The monoisotopic (exact) mass is 171 g/mol. The zero-order chi connectivity index (χ0) is 9.26. The van der Waals surface area contributed by atoms with Gasteiger partial charge in [-0.2, -0.15) is 0 Å². The van der Waals surface area contributed by atoms with Gasteiger partial charge in [-0.1, -0.05) is 36.3 Å². The minimum Gasteiger partial charge on any atom is -0.317 e. The molecule has 3 atom stereocenters. The molecule has 1 saturated carbocycles. The minimum atomic E-state index is -0.0646. The summed E-state index contributed by atoms with van der Waals surface area (Å²) in [5, 5.41) is 0. The Bertz CT molecular complexity index is 323. The number of rotatable bonds is 2. The van der Waals surface area contributed by atoms with Gasteiger partial charge < -0.3 is 5.73 Å². The Hall–Kier alpha value is -1.26. The van der Waals surface area contributed by atoms with Gasteiger partial charge in [-0.05, 0) is 23.8 Å². The second-order valence-corrected chi connectivity index (χ2v) is 3.61. The van der Waals surface area contributed by atoms with Crippen molar-refractivity contribution < 1.29 is 0 Å². The number of benzene rings is 1. The fourth-order valence-corrected chi connectivity index (χ4v) is 1.82. The highest BCUT2D eigenvalue weighted by Crippen LogP contribution is 2.48. The number of hydrogen-bond donors (Lipinski definition) is 1. The Morgan fingerprint density at radius 1 is 1.38 bits per heavy atom. The minimum absolute atomic E-state index is 0.0646. The molecule has 1 aliphatic rings. The first-order chi connectivity index (χ1) is 6.33. The van der Waals surface area contributed by atoms with Crippen LogP contribution >= 0.6 is 0 Å². The Morgan fingerprint density at radius 3 is 2.69 bits per heavy atom. The van der Waals surface area contributed by atoms with Gasteiger partial charge in [0, 0.05) is 0 Å². The highest BCUT2D eigenvalue weighted by molar-refractivity contribution is 5.28. The summed E-state index contributed by atoms with van der Waals surface area (Å²) in [7, 11) is 0. The molecule has 0 saturated heterocycles. The van der Waals surface area contributed by atoms with Gasteiger partial charge >= 0.3 is 0 Å². The maximum absolute atomic E-state index is 5.77. The van der Waals surface area contributed by atoms with E-state index in [0.29, 0.717) is 11.8 Å². The third-order valence-electron chi connectivity index (χ3n) is 2.72. The van der Waals surface area contributed by atoms with Crippen molar-refractivity contribution in [3.8, 4) is 12.3 Å². The molecule has 1 nitrogen and oxygen atoms in total. The van der Waals surface area contributed by atoms with Crippen molar-refractivity contribution in [3.63, 3.8) is 0 Å². The van der Waals surface area contributed by atoms with E-state index in [-0.39, 0.29) is 6.04 Å². The Labute approximate surface area is 79.0 Å². The standard InChI is InChI=1S/C12H13N/c1-2-12(13)11-8-10(11)9-6-4-3-5-7-9/h1,3-7,10-12H,8,13H2. The van der Waals surface area contributed by atoms with Crippen LogP contribution in [0.25, 0.3) is 0 Å². The molecule has 0 bridgehead atoms. The first kappa shape index (κ1) is 8.34. The van der Waals surface area contributed by atoms with Crippen LogP contribution in [0, 0.1) is 18.3 Å². The van der Waals surface area contributed by atoms with Crippen LogP contribution in [0.1, 0.15) is 17.9 Å². The Kier molecular flexibility index (Phi) is 2.08. The second kappa shape index (κ2) is 3.24. The molecule has 0 aromatic heterocycles. The molecule has 1 fully saturated rings. The molecule has 1 aromatic carbocycles. The van der Waals surface area contributed by atoms with E-state index in [1.54, 1.807) is 0 Å². The fourth-order valence-electron chi connectivity index (χ4n) is 1.82. The molecule has 0 spiro atoms. The van der Waals surface area contributed by atoms with Crippen molar-refractivity contribution in [2.45, 2.75) is 18.4 Å². The summed E-state index contributed by atoms with van der Waals surface area (Å²) in [6.45, 7) is 0. The Morgan fingerprint density at radius 2 is 2.08 bits per heavy atom. The lowest BCUT2D eigenvalue weighted by molar-refractivity contribution is 0.707. The van der Waals surface area contributed by atoms with Crippen LogP contribution in [-0.2, 0) is 0 Å². The van der Waals surface area contributed by atoms with E-state index in [0.717, 1.165) is 6.42 Å². The fraction of sp³-hybridized carbons (Fsp3) is 0.333. The maximum atomic E-state index is 5.77. The zero-order valence-electron chi connectivity index (χ0n) is 7.48. The molecule has 0 radical (unpaired) electrons. The van der Waals surface area contributed by atoms with Crippen molar-refractivity contribution in [1.29, 1.82) is 0 Å². The highest BCUT2D eigenvalue weighted by Gasteiger charge is 2.41. The van der Waals surface area contributed by atoms with Gasteiger partial charge in [0.25, 0.3) is 0 Å². The number of hydrogen-bond acceptors (Lipinski definition) is 1. The van der Waals surface area contributed by atoms with Crippen molar-refractivity contribution in [2.75, 3.05) is 0 Å². The summed E-state index contributed by atoms with van der Waals surface area (Å²) in [5.41, 5.74) is 7.14. The highest BCUT2D eigenvalue weighted by atomic mass is 14.7. The van der Waals surface area contributed by atoms with Gasteiger partial charge in [0.2, 0.25) is 0 Å². The molecular formula is C12H13N. The third-order valence-corrected chi connectivity index (χ3v) is 2.72. The third kappa shape index (κ3) is 1.59. The molecule has 1 aliphatic carbocycles. The molecule has 66 valence electrons. The maximum Gasteiger partial charge on any atom is 0.0696 e. The predicted molar refractivity (Wildman–Crippen MR) is 54.1 cm³/mol. The van der Waals surface area contributed by atoms with E-state index in [1.807, 2.05) is 6.07 Å². The molecular weight excluding hydrogens is 158 g/mol. The van der Waals surface area contributed by atoms with Crippen LogP contribution < -0.4 is 5.73 Å². The molecule has 2 N–H and O–H groups in total. The number of terminal acetylenes is 1. The van der Waals surface area contributed by atoms with E-state index in [1.165, 1.54) is 5.56 Å². The van der Waals surface area contributed by atoms with Gasteiger partial charge in [0.1, 0.15) is 0 Å². The molecule has 0 heterocycles. The average molecular weight is 171 g/mol. The lowest BCUT2D eigenvalue weighted by Crippen LogP contribution is -2.20. The largest absolute Gasteiger partial charge is 0.317 e. The van der Waals surface area contributed by atoms with E-state index >= 15 is 0 Å².